The van der Waals surface area contributed by atoms with E-state index in [1.165, 1.54) is 0 Å². The summed E-state index contributed by atoms with van der Waals surface area (Å²) in [4.78, 5) is 28.2. The summed E-state index contributed by atoms with van der Waals surface area (Å²) in [5.74, 6) is -0.538. The average Bonchev–Trinajstić information content (AvgIpc) is 2.16. The highest BCUT2D eigenvalue weighted by molar-refractivity contribution is 6.02. The lowest BCUT2D eigenvalue weighted by molar-refractivity contribution is -0.130. The number of amides is 2. The van der Waals surface area contributed by atoms with E-state index in [-0.39, 0.29) is 24.9 Å². The average molecular weight is 205 g/mol. The number of hydrogen-bond acceptors (Lipinski definition) is 4. The van der Waals surface area contributed by atoms with Crippen molar-refractivity contribution in [1.82, 2.24) is 10.3 Å². The third-order valence-corrected chi connectivity index (χ3v) is 2.27. The Morgan fingerprint density at radius 2 is 2.00 bits per heavy atom. The van der Waals surface area contributed by atoms with Crippen molar-refractivity contribution in [2.75, 3.05) is 18.0 Å². The maximum absolute atomic E-state index is 11.2. The first-order chi connectivity index (χ1) is 7.16. The molecular formula is C10H11N3O2. The number of carbonyl (C=O) groups excluding carboxylic acids is 2. The lowest BCUT2D eigenvalue weighted by Gasteiger charge is -2.28. The van der Waals surface area contributed by atoms with Gasteiger partial charge in [-0.3, -0.25) is 19.9 Å². The molecule has 1 aromatic heterocycles. The molecule has 2 heterocycles. The predicted molar refractivity (Wildman–Crippen MR) is 54.3 cm³/mol. The third-order valence-electron chi connectivity index (χ3n) is 2.27. The predicted octanol–water partition coefficient (Wildman–Crippen LogP) is -0.147. The van der Waals surface area contributed by atoms with Crippen LogP contribution in [0.3, 0.4) is 0 Å². The fraction of sp³-hybridized carbons (Fsp3) is 0.300. The van der Waals surface area contributed by atoms with Gasteiger partial charge in [-0.15, -0.1) is 0 Å². The molecule has 1 aromatic rings. The Hall–Kier alpha value is -1.91. The summed E-state index contributed by atoms with van der Waals surface area (Å²) in [6, 6.07) is 3.65. The second-order valence-electron chi connectivity index (χ2n) is 3.44. The molecule has 1 saturated heterocycles. The van der Waals surface area contributed by atoms with Gasteiger partial charge in [0.05, 0.1) is 24.5 Å². The number of aryl methyl sites for hydroxylation is 1. The number of rotatable bonds is 1. The number of pyridine rings is 1. The lowest BCUT2D eigenvalue weighted by Crippen LogP contribution is -2.51. The lowest BCUT2D eigenvalue weighted by atomic mass is 10.2. The van der Waals surface area contributed by atoms with Gasteiger partial charge in [0.1, 0.15) is 0 Å². The molecule has 0 aromatic carbocycles. The van der Waals surface area contributed by atoms with E-state index in [1.807, 2.05) is 13.0 Å². The van der Waals surface area contributed by atoms with Crippen LogP contribution in [0.4, 0.5) is 5.69 Å². The Morgan fingerprint density at radius 3 is 2.60 bits per heavy atom. The van der Waals surface area contributed by atoms with E-state index in [0.717, 1.165) is 11.4 Å². The summed E-state index contributed by atoms with van der Waals surface area (Å²) < 4.78 is 0. The standard InChI is InChI=1S/C10H11N3O2/c1-7-8(3-2-4-11-7)13-5-9(14)12-10(15)6-13/h2-4H,5-6H2,1H3,(H,12,14,15). The largest absolute Gasteiger partial charge is 0.351 e. The van der Waals surface area contributed by atoms with E-state index >= 15 is 0 Å². The normalized spacial score (nSPS) is 16.5. The first-order valence-corrected chi connectivity index (χ1v) is 4.66. The molecule has 0 atom stereocenters. The highest BCUT2D eigenvalue weighted by Crippen LogP contribution is 2.17. The van der Waals surface area contributed by atoms with Gasteiger partial charge < -0.3 is 4.90 Å². The van der Waals surface area contributed by atoms with Gasteiger partial charge in [0, 0.05) is 6.20 Å². The molecule has 2 rings (SSSR count). The van der Waals surface area contributed by atoms with E-state index in [9.17, 15) is 9.59 Å². The molecule has 1 N–H and O–H groups in total. The van der Waals surface area contributed by atoms with Crippen LogP contribution in [-0.2, 0) is 9.59 Å². The van der Waals surface area contributed by atoms with Crippen LogP contribution in [-0.4, -0.2) is 29.9 Å². The molecule has 0 saturated carbocycles. The van der Waals surface area contributed by atoms with Crippen LogP contribution >= 0.6 is 0 Å². The number of aromatic nitrogens is 1. The summed E-state index contributed by atoms with van der Waals surface area (Å²) in [6.45, 7) is 2.27. The van der Waals surface area contributed by atoms with Gasteiger partial charge in [-0.25, -0.2) is 0 Å². The van der Waals surface area contributed by atoms with Crippen LogP contribution in [0.25, 0.3) is 0 Å². The number of carbonyl (C=O) groups is 2. The monoisotopic (exact) mass is 205 g/mol. The minimum Gasteiger partial charge on any atom is -0.351 e. The van der Waals surface area contributed by atoms with Crippen LogP contribution in [0.2, 0.25) is 0 Å². The fourth-order valence-corrected chi connectivity index (χ4v) is 1.62. The smallest absolute Gasteiger partial charge is 0.246 e. The molecule has 0 radical (unpaired) electrons. The number of imide groups is 1. The second-order valence-corrected chi connectivity index (χ2v) is 3.44. The maximum atomic E-state index is 11.2. The van der Waals surface area contributed by atoms with Gasteiger partial charge >= 0.3 is 0 Å². The topological polar surface area (TPSA) is 62.3 Å². The van der Waals surface area contributed by atoms with E-state index < -0.39 is 0 Å². The molecule has 1 aliphatic heterocycles. The molecular weight excluding hydrogens is 194 g/mol. The van der Waals surface area contributed by atoms with Gasteiger partial charge in [0.2, 0.25) is 11.8 Å². The van der Waals surface area contributed by atoms with Gasteiger partial charge in [-0.2, -0.15) is 0 Å². The Kier molecular flexibility index (Phi) is 2.37. The van der Waals surface area contributed by atoms with Crippen LogP contribution in [0.5, 0.6) is 0 Å². The van der Waals surface area contributed by atoms with Crippen molar-refractivity contribution in [3.8, 4) is 0 Å². The van der Waals surface area contributed by atoms with Crippen molar-refractivity contribution in [1.29, 1.82) is 0 Å². The van der Waals surface area contributed by atoms with E-state index in [0.29, 0.717) is 0 Å². The van der Waals surface area contributed by atoms with Gasteiger partial charge in [0.25, 0.3) is 0 Å². The minimum atomic E-state index is -0.269. The molecule has 0 aliphatic carbocycles. The van der Waals surface area contributed by atoms with E-state index in [1.54, 1.807) is 17.2 Å². The number of nitrogens with zero attached hydrogens (tertiary/aromatic N) is 2. The van der Waals surface area contributed by atoms with Gasteiger partial charge in [-0.1, -0.05) is 0 Å². The van der Waals surface area contributed by atoms with E-state index in [4.69, 9.17) is 0 Å². The molecule has 78 valence electrons. The van der Waals surface area contributed by atoms with Crippen molar-refractivity contribution in [3.63, 3.8) is 0 Å². The number of hydrogen-bond donors (Lipinski definition) is 1. The number of piperazine rings is 1. The summed E-state index contributed by atoms with van der Waals surface area (Å²) in [7, 11) is 0. The van der Waals surface area contributed by atoms with Crippen LogP contribution < -0.4 is 10.2 Å². The molecule has 1 fully saturated rings. The minimum absolute atomic E-state index is 0.207. The molecule has 0 bridgehead atoms. The zero-order valence-corrected chi connectivity index (χ0v) is 8.36. The van der Waals surface area contributed by atoms with E-state index in [2.05, 4.69) is 10.3 Å². The fourth-order valence-electron chi connectivity index (χ4n) is 1.62. The molecule has 1 aliphatic rings. The highest BCUT2D eigenvalue weighted by atomic mass is 16.2. The number of nitrogens with one attached hydrogen (secondary N) is 1. The van der Waals surface area contributed by atoms with Crippen molar-refractivity contribution >= 4 is 17.5 Å². The van der Waals surface area contributed by atoms with Crippen molar-refractivity contribution in [2.24, 2.45) is 0 Å². The molecule has 0 spiro atoms. The molecule has 2 amide bonds. The molecule has 5 nitrogen and oxygen atoms in total. The Balaban J connectivity index is 2.27. The maximum Gasteiger partial charge on any atom is 0.246 e. The van der Waals surface area contributed by atoms with Crippen molar-refractivity contribution < 1.29 is 9.59 Å². The van der Waals surface area contributed by atoms with Gasteiger partial charge in [0.15, 0.2) is 0 Å². The van der Waals surface area contributed by atoms with Crippen LogP contribution in [0, 0.1) is 6.92 Å². The third kappa shape index (κ3) is 1.96. The first kappa shape index (κ1) is 9.64. The summed E-state index contributed by atoms with van der Waals surface area (Å²) in [5.41, 5.74) is 1.65. The van der Waals surface area contributed by atoms with Crippen LogP contribution in [0.15, 0.2) is 18.3 Å². The summed E-state index contributed by atoms with van der Waals surface area (Å²) in [6.07, 6.45) is 1.69. The molecule has 0 unspecified atom stereocenters. The Labute approximate surface area is 87.1 Å². The molecule has 5 heteroatoms. The second kappa shape index (κ2) is 3.68. The SMILES string of the molecule is Cc1ncccc1N1CC(=O)NC(=O)C1. The molecule has 15 heavy (non-hydrogen) atoms. The summed E-state index contributed by atoms with van der Waals surface area (Å²) >= 11 is 0. The van der Waals surface area contributed by atoms with Crippen molar-refractivity contribution in [2.45, 2.75) is 6.92 Å². The Bertz CT molecular complexity index is 401. The zero-order chi connectivity index (χ0) is 10.8. The van der Waals surface area contributed by atoms with Gasteiger partial charge in [-0.05, 0) is 19.1 Å². The van der Waals surface area contributed by atoms with Crippen LogP contribution in [0.1, 0.15) is 5.69 Å². The van der Waals surface area contributed by atoms with Crippen molar-refractivity contribution in [3.05, 3.63) is 24.0 Å². The quantitative estimate of drug-likeness (QED) is 0.648. The first-order valence-electron chi connectivity index (χ1n) is 4.66. The number of anilines is 1. The highest BCUT2D eigenvalue weighted by Gasteiger charge is 2.23. The Morgan fingerprint density at radius 1 is 1.33 bits per heavy atom. The summed E-state index contributed by atoms with van der Waals surface area (Å²) in [5, 5.41) is 2.26. The zero-order valence-electron chi connectivity index (χ0n) is 8.36.